The summed E-state index contributed by atoms with van der Waals surface area (Å²) in [7, 11) is 0. The van der Waals surface area contributed by atoms with Crippen LogP contribution in [0.1, 0.15) is 17.5 Å². The van der Waals surface area contributed by atoms with Crippen molar-refractivity contribution in [2.75, 3.05) is 13.2 Å². The fourth-order valence-electron chi connectivity index (χ4n) is 1.30. The lowest BCUT2D eigenvalue weighted by Gasteiger charge is -2.08. The Bertz CT molecular complexity index is 465. The minimum absolute atomic E-state index is 0.451. The molecule has 0 aliphatic heterocycles. The van der Waals surface area contributed by atoms with Crippen LogP contribution in [0.3, 0.4) is 0 Å². The summed E-state index contributed by atoms with van der Waals surface area (Å²) in [5.74, 6) is 3.84. The van der Waals surface area contributed by atoms with E-state index in [0.717, 1.165) is 23.3 Å². The van der Waals surface area contributed by atoms with Crippen LogP contribution >= 0.6 is 23.2 Å². The topological polar surface area (TPSA) is 81.8 Å². The molecule has 0 atom stereocenters. The maximum absolute atomic E-state index is 10.6. The van der Waals surface area contributed by atoms with Gasteiger partial charge in [0.1, 0.15) is 5.75 Å². The molecule has 0 saturated carbocycles. The second kappa shape index (κ2) is 11.3. The maximum atomic E-state index is 10.6. The molecule has 1 aromatic carbocycles. The number of carboxylic acids is 1. The van der Waals surface area contributed by atoms with Crippen molar-refractivity contribution in [2.24, 2.45) is 5.90 Å². The van der Waals surface area contributed by atoms with Crippen molar-refractivity contribution < 1.29 is 32.6 Å². The average molecular weight is 378 g/mol. The first-order valence-electron chi connectivity index (χ1n) is 6.24. The first-order chi connectivity index (χ1) is 10.7. The van der Waals surface area contributed by atoms with E-state index in [0.29, 0.717) is 25.0 Å². The number of carbonyl (C=O) groups is 1. The minimum Gasteiger partial charge on any atom is -0.493 e. The van der Waals surface area contributed by atoms with Crippen LogP contribution in [0.4, 0.5) is 13.2 Å². The third-order valence-corrected chi connectivity index (χ3v) is 2.87. The van der Waals surface area contributed by atoms with Crippen molar-refractivity contribution >= 4 is 29.2 Å². The Kier molecular flexibility index (Phi) is 10.7. The van der Waals surface area contributed by atoms with E-state index in [1.54, 1.807) is 0 Å². The Morgan fingerprint density at radius 1 is 1.13 bits per heavy atom. The van der Waals surface area contributed by atoms with Crippen LogP contribution in [0.15, 0.2) is 18.2 Å². The smallest absolute Gasteiger partial charge is 0.490 e. The van der Waals surface area contributed by atoms with Gasteiger partial charge in [-0.05, 0) is 23.3 Å². The average Bonchev–Trinajstić information content (AvgIpc) is 2.50. The van der Waals surface area contributed by atoms with Crippen molar-refractivity contribution in [2.45, 2.75) is 24.4 Å². The number of alkyl halides is 5. The molecule has 1 rings (SSSR count). The molecule has 0 spiro atoms. The summed E-state index contributed by atoms with van der Waals surface area (Å²) in [5, 5.41) is 7.12. The first-order valence-corrected chi connectivity index (χ1v) is 7.30. The van der Waals surface area contributed by atoms with Gasteiger partial charge in [-0.1, -0.05) is 6.07 Å². The molecule has 0 heterocycles. The van der Waals surface area contributed by atoms with Gasteiger partial charge in [0.05, 0.1) is 13.2 Å². The number of nitrogens with two attached hydrogens (primary N) is 1. The lowest BCUT2D eigenvalue weighted by molar-refractivity contribution is -0.192. The molecule has 0 amide bonds. The second-order valence-corrected chi connectivity index (χ2v) is 4.66. The quantitative estimate of drug-likeness (QED) is 0.432. The molecular weight excluding hydrogens is 362 g/mol. The van der Waals surface area contributed by atoms with E-state index < -0.39 is 12.1 Å². The van der Waals surface area contributed by atoms with Gasteiger partial charge in [-0.25, -0.2) is 10.7 Å². The monoisotopic (exact) mass is 377 g/mol. The molecule has 0 saturated heterocycles. The van der Waals surface area contributed by atoms with Crippen LogP contribution in [-0.4, -0.2) is 30.5 Å². The number of carboxylic acid groups (broad SMARTS) is 1. The molecule has 3 N–H and O–H groups in total. The van der Waals surface area contributed by atoms with Gasteiger partial charge in [-0.15, -0.1) is 23.2 Å². The highest BCUT2D eigenvalue weighted by Gasteiger charge is 2.38. The van der Waals surface area contributed by atoms with E-state index in [1.807, 2.05) is 18.2 Å². The number of halogens is 5. The lowest BCUT2D eigenvalue weighted by atomic mass is 10.1. The molecule has 0 aliphatic carbocycles. The summed E-state index contributed by atoms with van der Waals surface area (Å²) < 4.78 is 37.3. The number of rotatable bonds is 7. The van der Waals surface area contributed by atoms with Crippen molar-refractivity contribution in [1.29, 1.82) is 0 Å². The fourth-order valence-corrected chi connectivity index (χ4v) is 1.61. The molecule has 1 aromatic rings. The zero-order valence-electron chi connectivity index (χ0n) is 11.9. The van der Waals surface area contributed by atoms with Crippen molar-refractivity contribution in [1.82, 2.24) is 0 Å². The minimum atomic E-state index is -5.08. The summed E-state index contributed by atoms with van der Waals surface area (Å²) >= 11 is 11.6. The molecule has 0 unspecified atom stereocenters. The highest BCUT2D eigenvalue weighted by atomic mass is 35.5. The summed E-state index contributed by atoms with van der Waals surface area (Å²) in [6.45, 7) is 1.04. The number of hydrogen-bond acceptors (Lipinski definition) is 4. The zero-order chi connectivity index (χ0) is 17.9. The van der Waals surface area contributed by atoms with E-state index in [9.17, 15) is 13.2 Å². The molecule has 10 heteroatoms. The largest absolute Gasteiger partial charge is 0.493 e. The van der Waals surface area contributed by atoms with Crippen LogP contribution < -0.4 is 10.6 Å². The Labute approximate surface area is 141 Å². The van der Waals surface area contributed by atoms with Gasteiger partial charge in [0.25, 0.3) is 0 Å². The van der Waals surface area contributed by atoms with Crippen LogP contribution in [0.2, 0.25) is 0 Å². The molecular formula is C13H16Cl2F3NO4. The number of hydrogen-bond donors (Lipinski definition) is 2. The predicted molar refractivity (Wildman–Crippen MR) is 79.5 cm³/mol. The predicted octanol–water partition coefficient (Wildman–Crippen LogP) is 3.46. The van der Waals surface area contributed by atoms with Crippen LogP contribution in [-0.2, 0) is 21.4 Å². The first kappa shape index (κ1) is 21.8. The third kappa shape index (κ3) is 10.2. The molecule has 0 aromatic heterocycles. The van der Waals surface area contributed by atoms with Crippen molar-refractivity contribution in [3.63, 3.8) is 0 Å². The molecule has 0 aliphatic rings. The molecule has 0 radical (unpaired) electrons. The fraction of sp³-hybridized carbons (Fsp3) is 0.462. The van der Waals surface area contributed by atoms with Gasteiger partial charge < -0.3 is 14.7 Å². The summed E-state index contributed by atoms with van der Waals surface area (Å²) in [5.41, 5.74) is 2.01. The normalized spacial score (nSPS) is 10.7. The van der Waals surface area contributed by atoms with E-state index >= 15 is 0 Å². The van der Waals surface area contributed by atoms with Gasteiger partial charge in [0.15, 0.2) is 0 Å². The Morgan fingerprint density at radius 2 is 1.61 bits per heavy atom. The van der Waals surface area contributed by atoms with E-state index in [4.69, 9.17) is 43.7 Å². The highest BCUT2D eigenvalue weighted by Crippen LogP contribution is 2.20. The zero-order valence-corrected chi connectivity index (χ0v) is 13.4. The van der Waals surface area contributed by atoms with Gasteiger partial charge >= 0.3 is 12.1 Å². The van der Waals surface area contributed by atoms with E-state index in [2.05, 4.69) is 4.84 Å². The number of ether oxygens (including phenoxy) is 1. The van der Waals surface area contributed by atoms with E-state index in [-0.39, 0.29) is 0 Å². The third-order valence-electron chi connectivity index (χ3n) is 2.25. The van der Waals surface area contributed by atoms with Crippen LogP contribution in [0.25, 0.3) is 0 Å². The van der Waals surface area contributed by atoms with Gasteiger partial charge in [0, 0.05) is 18.2 Å². The Morgan fingerprint density at radius 3 is 1.96 bits per heavy atom. The van der Waals surface area contributed by atoms with Crippen molar-refractivity contribution in [3.8, 4) is 5.75 Å². The highest BCUT2D eigenvalue weighted by molar-refractivity contribution is 6.17. The Balaban J connectivity index is 0.000000585. The van der Waals surface area contributed by atoms with Gasteiger partial charge in [-0.2, -0.15) is 13.2 Å². The molecule has 0 bridgehead atoms. The number of benzene rings is 1. The SMILES string of the molecule is NOCCCOc1cc(CCl)cc(CCl)c1.O=C(O)C(F)(F)F. The van der Waals surface area contributed by atoms with Crippen LogP contribution in [0.5, 0.6) is 5.75 Å². The Hall–Kier alpha value is -1.22. The molecule has 5 nitrogen and oxygen atoms in total. The molecule has 23 heavy (non-hydrogen) atoms. The van der Waals surface area contributed by atoms with E-state index in [1.165, 1.54) is 0 Å². The van der Waals surface area contributed by atoms with Gasteiger partial charge in [0.2, 0.25) is 0 Å². The summed E-state index contributed by atoms with van der Waals surface area (Å²) in [6.07, 6.45) is -4.34. The standard InChI is InChI=1S/C11H15Cl2NO2.C2HF3O2/c12-7-9-4-10(8-13)6-11(5-9)15-2-1-3-16-14;3-2(4,5)1(6)7/h4-6H,1-3,7-8,14H2;(H,6,7). The summed E-state index contributed by atoms with van der Waals surface area (Å²) in [6, 6.07) is 5.79. The van der Waals surface area contributed by atoms with Crippen LogP contribution in [0, 0.1) is 0 Å². The molecule has 0 fully saturated rings. The summed E-state index contributed by atoms with van der Waals surface area (Å²) in [4.78, 5) is 13.3. The molecule has 132 valence electrons. The number of aliphatic carboxylic acids is 1. The second-order valence-electron chi connectivity index (χ2n) is 4.13. The van der Waals surface area contributed by atoms with Crippen molar-refractivity contribution in [3.05, 3.63) is 29.3 Å². The maximum Gasteiger partial charge on any atom is 0.490 e. The lowest BCUT2D eigenvalue weighted by Crippen LogP contribution is -2.21. The van der Waals surface area contributed by atoms with Gasteiger partial charge in [-0.3, -0.25) is 0 Å².